The second-order valence-electron chi connectivity index (χ2n) is 3.37. The van der Waals surface area contributed by atoms with Crippen LogP contribution in [0.5, 0.6) is 0 Å². The van der Waals surface area contributed by atoms with Crippen LogP contribution in [0, 0.1) is 12.7 Å². The number of imidazole rings is 1. The fraction of sp³-hybridized carbons (Fsp3) is 0.182. The SMILES string of the molecule is Cc1cc(CNc2ncc[nH]2)ccc1F. The highest BCUT2D eigenvalue weighted by atomic mass is 19.1. The zero-order valence-electron chi connectivity index (χ0n) is 8.42. The molecule has 2 aromatic rings. The number of benzene rings is 1. The summed E-state index contributed by atoms with van der Waals surface area (Å²) in [5.74, 6) is 0.550. The van der Waals surface area contributed by atoms with Gasteiger partial charge in [-0.1, -0.05) is 12.1 Å². The molecule has 0 aliphatic rings. The van der Waals surface area contributed by atoms with E-state index in [-0.39, 0.29) is 5.82 Å². The van der Waals surface area contributed by atoms with Crippen LogP contribution in [-0.2, 0) is 6.54 Å². The fourth-order valence-corrected chi connectivity index (χ4v) is 1.36. The summed E-state index contributed by atoms with van der Waals surface area (Å²) >= 11 is 0. The molecular formula is C11H12FN3. The first kappa shape index (κ1) is 9.71. The monoisotopic (exact) mass is 205 g/mol. The van der Waals surface area contributed by atoms with Crippen LogP contribution < -0.4 is 5.32 Å². The number of anilines is 1. The summed E-state index contributed by atoms with van der Waals surface area (Å²) in [7, 11) is 0. The van der Waals surface area contributed by atoms with Crippen LogP contribution in [0.2, 0.25) is 0 Å². The van der Waals surface area contributed by atoms with Crippen molar-refractivity contribution in [2.75, 3.05) is 5.32 Å². The first-order valence-electron chi connectivity index (χ1n) is 4.74. The Balaban J connectivity index is 2.02. The van der Waals surface area contributed by atoms with Gasteiger partial charge in [0.05, 0.1) is 0 Å². The van der Waals surface area contributed by atoms with Crippen molar-refractivity contribution in [2.24, 2.45) is 0 Å². The van der Waals surface area contributed by atoms with Crippen molar-refractivity contribution in [3.63, 3.8) is 0 Å². The van der Waals surface area contributed by atoms with E-state index in [2.05, 4.69) is 15.3 Å². The first-order chi connectivity index (χ1) is 7.25. The molecular weight excluding hydrogens is 193 g/mol. The van der Waals surface area contributed by atoms with Crippen LogP contribution in [0.25, 0.3) is 0 Å². The van der Waals surface area contributed by atoms with Gasteiger partial charge < -0.3 is 10.3 Å². The van der Waals surface area contributed by atoms with Gasteiger partial charge in [0.15, 0.2) is 5.95 Å². The maximum atomic E-state index is 13.0. The lowest BCUT2D eigenvalue weighted by molar-refractivity contribution is 0.617. The quantitative estimate of drug-likeness (QED) is 0.808. The smallest absolute Gasteiger partial charge is 0.200 e. The molecule has 15 heavy (non-hydrogen) atoms. The first-order valence-corrected chi connectivity index (χ1v) is 4.74. The molecule has 0 bridgehead atoms. The lowest BCUT2D eigenvalue weighted by atomic mass is 10.1. The van der Waals surface area contributed by atoms with E-state index in [9.17, 15) is 4.39 Å². The highest BCUT2D eigenvalue weighted by Crippen LogP contribution is 2.10. The number of halogens is 1. The van der Waals surface area contributed by atoms with Gasteiger partial charge in [0.25, 0.3) is 0 Å². The topological polar surface area (TPSA) is 40.7 Å². The van der Waals surface area contributed by atoms with E-state index in [1.54, 1.807) is 25.4 Å². The minimum atomic E-state index is -0.170. The van der Waals surface area contributed by atoms with Crippen molar-refractivity contribution in [3.05, 3.63) is 47.5 Å². The van der Waals surface area contributed by atoms with E-state index >= 15 is 0 Å². The van der Waals surface area contributed by atoms with Gasteiger partial charge in [0, 0.05) is 18.9 Å². The molecule has 78 valence electrons. The summed E-state index contributed by atoms with van der Waals surface area (Å²) in [6, 6.07) is 5.07. The van der Waals surface area contributed by atoms with E-state index in [1.807, 2.05) is 6.07 Å². The predicted molar refractivity (Wildman–Crippen MR) is 57.1 cm³/mol. The highest BCUT2D eigenvalue weighted by Gasteiger charge is 1.99. The van der Waals surface area contributed by atoms with Crippen LogP contribution in [0.1, 0.15) is 11.1 Å². The van der Waals surface area contributed by atoms with Crippen LogP contribution in [0.4, 0.5) is 10.3 Å². The van der Waals surface area contributed by atoms with Crippen LogP contribution in [0.15, 0.2) is 30.6 Å². The number of hydrogen-bond donors (Lipinski definition) is 2. The Morgan fingerprint density at radius 3 is 3.00 bits per heavy atom. The van der Waals surface area contributed by atoms with Gasteiger partial charge in [-0.15, -0.1) is 0 Å². The van der Waals surface area contributed by atoms with Crippen molar-refractivity contribution in [2.45, 2.75) is 13.5 Å². The van der Waals surface area contributed by atoms with Crippen molar-refractivity contribution < 1.29 is 4.39 Å². The third-order valence-corrected chi connectivity index (χ3v) is 2.18. The molecule has 0 spiro atoms. The zero-order chi connectivity index (χ0) is 10.7. The zero-order valence-corrected chi connectivity index (χ0v) is 8.42. The summed E-state index contributed by atoms with van der Waals surface area (Å²) in [6.07, 6.45) is 3.43. The van der Waals surface area contributed by atoms with Gasteiger partial charge >= 0.3 is 0 Å². The summed E-state index contributed by atoms with van der Waals surface area (Å²) in [6.45, 7) is 2.39. The predicted octanol–water partition coefficient (Wildman–Crippen LogP) is 2.47. The lowest BCUT2D eigenvalue weighted by Gasteiger charge is -2.04. The average Bonchev–Trinajstić information content (AvgIpc) is 2.73. The Morgan fingerprint density at radius 1 is 1.47 bits per heavy atom. The molecule has 4 heteroatoms. The summed E-state index contributed by atoms with van der Waals surface area (Å²) < 4.78 is 13.0. The number of rotatable bonds is 3. The standard InChI is InChI=1S/C11H12FN3/c1-8-6-9(2-3-10(8)12)7-15-11-13-4-5-14-11/h2-6H,7H2,1H3,(H2,13,14,15). The molecule has 3 nitrogen and oxygen atoms in total. The van der Waals surface area contributed by atoms with Crippen molar-refractivity contribution >= 4 is 5.95 Å². The molecule has 0 saturated heterocycles. The molecule has 1 aromatic carbocycles. The van der Waals surface area contributed by atoms with Crippen LogP contribution in [0.3, 0.4) is 0 Å². The van der Waals surface area contributed by atoms with Crippen molar-refractivity contribution in [3.8, 4) is 0 Å². The van der Waals surface area contributed by atoms with Gasteiger partial charge in [-0.05, 0) is 24.1 Å². The second kappa shape index (κ2) is 4.13. The second-order valence-corrected chi connectivity index (χ2v) is 3.37. The number of aromatic nitrogens is 2. The van der Waals surface area contributed by atoms with E-state index < -0.39 is 0 Å². The fourth-order valence-electron chi connectivity index (χ4n) is 1.36. The molecule has 0 fully saturated rings. The Kier molecular flexibility index (Phi) is 2.67. The lowest BCUT2D eigenvalue weighted by Crippen LogP contribution is -2.01. The molecule has 0 aliphatic carbocycles. The van der Waals surface area contributed by atoms with Crippen molar-refractivity contribution in [1.29, 1.82) is 0 Å². The third-order valence-electron chi connectivity index (χ3n) is 2.18. The third kappa shape index (κ3) is 2.34. The van der Waals surface area contributed by atoms with Gasteiger partial charge in [-0.2, -0.15) is 0 Å². The molecule has 0 atom stereocenters. The molecule has 0 unspecified atom stereocenters. The van der Waals surface area contributed by atoms with E-state index in [0.29, 0.717) is 12.1 Å². The van der Waals surface area contributed by atoms with E-state index in [1.165, 1.54) is 6.07 Å². The number of aryl methyl sites for hydroxylation is 1. The van der Waals surface area contributed by atoms with Crippen LogP contribution in [-0.4, -0.2) is 9.97 Å². The van der Waals surface area contributed by atoms with Gasteiger partial charge in [-0.3, -0.25) is 0 Å². The largest absolute Gasteiger partial charge is 0.352 e. The van der Waals surface area contributed by atoms with E-state index in [0.717, 1.165) is 11.5 Å². The maximum absolute atomic E-state index is 13.0. The normalized spacial score (nSPS) is 10.3. The molecule has 0 saturated carbocycles. The van der Waals surface area contributed by atoms with Gasteiger partial charge in [0.1, 0.15) is 5.82 Å². The minimum absolute atomic E-state index is 0.170. The summed E-state index contributed by atoms with van der Waals surface area (Å²) in [5.41, 5.74) is 1.69. The number of aromatic amines is 1. The van der Waals surface area contributed by atoms with Crippen molar-refractivity contribution in [1.82, 2.24) is 9.97 Å². The Morgan fingerprint density at radius 2 is 2.33 bits per heavy atom. The maximum Gasteiger partial charge on any atom is 0.200 e. The summed E-state index contributed by atoms with van der Waals surface area (Å²) in [4.78, 5) is 6.97. The number of hydrogen-bond acceptors (Lipinski definition) is 2. The number of nitrogens with zero attached hydrogens (tertiary/aromatic N) is 1. The van der Waals surface area contributed by atoms with E-state index in [4.69, 9.17) is 0 Å². The molecule has 2 rings (SSSR count). The molecule has 2 N–H and O–H groups in total. The van der Waals surface area contributed by atoms with Gasteiger partial charge in [-0.25, -0.2) is 9.37 Å². The number of H-pyrrole nitrogens is 1. The highest BCUT2D eigenvalue weighted by molar-refractivity contribution is 5.29. The molecule has 0 aliphatic heterocycles. The summed E-state index contributed by atoms with van der Waals surface area (Å²) in [5, 5.41) is 3.10. The Bertz CT molecular complexity index is 437. The average molecular weight is 205 g/mol. The minimum Gasteiger partial charge on any atom is -0.352 e. The molecule has 1 heterocycles. The van der Waals surface area contributed by atoms with Crippen LogP contribution >= 0.6 is 0 Å². The van der Waals surface area contributed by atoms with Gasteiger partial charge in [0.2, 0.25) is 0 Å². The molecule has 0 radical (unpaired) electrons. The Labute approximate surface area is 87.4 Å². The molecule has 1 aromatic heterocycles. The molecule has 0 amide bonds. The number of nitrogens with one attached hydrogen (secondary N) is 2. The Hall–Kier alpha value is -1.84.